The number of esters is 1. The number of halogens is 1. The van der Waals surface area contributed by atoms with Crippen LogP contribution in [0.25, 0.3) is 0 Å². The van der Waals surface area contributed by atoms with Crippen molar-refractivity contribution in [2.45, 2.75) is 25.3 Å². The van der Waals surface area contributed by atoms with E-state index in [1.54, 1.807) is 12.1 Å². The Morgan fingerprint density at radius 1 is 1.08 bits per heavy atom. The summed E-state index contributed by atoms with van der Waals surface area (Å²) in [5, 5.41) is 0. The highest BCUT2D eigenvalue weighted by atomic mass is 32.2. The first kappa shape index (κ1) is 18.1. The van der Waals surface area contributed by atoms with Crippen LogP contribution in [0.3, 0.4) is 0 Å². The number of rotatable bonds is 6. The Balaban J connectivity index is 1.90. The highest BCUT2D eigenvalue weighted by Crippen LogP contribution is 2.14. The van der Waals surface area contributed by atoms with Crippen molar-refractivity contribution in [2.24, 2.45) is 0 Å². The van der Waals surface area contributed by atoms with E-state index in [-0.39, 0.29) is 17.3 Å². The van der Waals surface area contributed by atoms with Crippen molar-refractivity contribution in [3.8, 4) is 0 Å². The average molecular weight is 351 g/mol. The van der Waals surface area contributed by atoms with Crippen LogP contribution in [-0.2, 0) is 26.2 Å². The van der Waals surface area contributed by atoms with Gasteiger partial charge in [0.25, 0.3) is 0 Å². The zero-order valence-electron chi connectivity index (χ0n) is 13.4. The second-order valence-electron chi connectivity index (χ2n) is 5.36. The van der Waals surface area contributed by atoms with E-state index in [0.29, 0.717) is 5.56 Å². The van der Waals surface area contributed by atoms with Crippen molar-refractivity contribution in [2.75, 3.05) is 6.54 Å². The molecular formula is C17H18FNO4S. The summed E-state index contributed by atoms with van der Waals surface area (Å²) >= 11 is 0. The molecule has 0 saturated heterocycles. The SMILES string of the molecule is Cc1ccc(S(=O)(=O)NCC(=O)OCc2ccc(F)cc2)cc1C. The van der Waals surface area contributed by atoms with Crippen LogP contribution in [0.15, 0.2) is 47.4 Å². The largest absolute Gasteiger partial charge is 0.460 e. The number of carbonyl (C=O) groups is 1. The van der Waals surface area contributed by atoms with Gasteiger partial charge in [0.15, 0.2) is 0 Å². The van der Waals surface area contributed by atoms with Gasteiger partial charge >= 0.3 is 5.97 Å². The quantitative estimate of drug-likeness (QED) is 0.812. The van der Waals surface area contributed by atoms with Crippen LogP contribution in [0.1, 0.15) is 16.7 Å². The number of hydrogen-bond acceptors (Lipinski definition) is 4. The first-order valence-electron chi connectivity index (χ1n) is 7.25. The fraction of sp³-hybridized carbons (Fsp3) is 0.235. The molecular weight excluding hydrogens is 333 g/mol. The van der Waals surface area contributed by atoms with Crippen molar-refractivity contribution < 1.29 is 22.3 Å². The third-order valence-corrected chi connectivity index (χ3v) is 4.91. The molecule has 0 heterocycles. The van der Waals surface area contributed by atoms with E-state index in [2.05, 4.69) is 4.72 Å². The van der Waals surface area contributed by atoms with Crippen LogP contribution in [-0.4, -0.2) is 20.9 Å². The fourth-order valence-corrected chi connectivity index (χ4v) is 2.97. The Bertz CT molecular complexity index is 832. The van der Waals surface area contributed by atoms with Crippen LogP contribution in [0, 0.1) is 19.7 Å². The molecule has 1 N–H and O–H groups in total. The fourth-order valence-electron chi connectivity index (χ4n) is 1.91. The monoisotopic (exact) mass is 351 g/mol. The summed E-state index contributed by atoms with van der Waals surface area (Å²) in [6.07, 6.45) is 0. The van der Waals surface area contributed by atoms with Crippen LogP contribution in [0.5, 0.6) is 0 Å². The Kier molecular flexibility index (Phi) is 5.69. The molecule has 0 aliphatic rings. The molecule has 0 fully saturated rings. The zero-order chi connectivity index (χ0) is 17.7. The highest BCUT2D eigenvalue weighted by molar-refractivity contribution is 7.89. The highest BCUT2D eigenvalue weighted by Gasteiger charge is 2.16. The molecule has 0 spiro atoms. The van der Waals surface area contributed by atoms with E-state index in [1.807, 2.05) is 13.8 Å². The predicted octanol–water partition coefficient (Wildman–Crippen LogP) is 2.46. The third-order valence-electron chi connectivity index (χ3n) is 3.51. The number of aryl methyl sites for hydroxylation is 2. The van der Waals surface area contributed by atoms with Crippen LogP contribution in [0.4, 0.5) is 4.39 Å². The smallest absolute Gasteiger partial charge is 0.321 e. The molecule has 128 valence electrons. The normalized spacial score (nSPS) is 11.3. The van der Waals surface area contributed by atoms with Crippen LogP contribution in [0.2, 0.25) is 0 Å². The summed E-state index contributed by atoms with van der Waals surface area (Å²) in [6, 6.07) is 10.2. The molecule has 24 heavy (non-hydrogen) atoms. The lowest BCUT2D eigenvalue weighted by Gasteiger charge is -2.09. The Labute approximate surface area is 140 Å². The molecule has 0 aliphatic carbocycles. The lowest BCUT2D eigenvalue weighted by Crippen LogP contribution is -2.30. The Morgan fingerprint density at radius 3 is 2.38 bits per heavy atom. The van der Waals surface area contributed by atoms with Crippen molar-refractivity contribution in [1.82, 2.24) is 4.72 Å². The van der Waals surface area contributed by atoms with E-state index in [1.165, 1.54) is 30.3 Å². The number of ether oxygens (including phenoxy) is 1. The number of nitrogens with one attached hydrogen (secondary N) is 1. The van der Waals surface area contributed by atoms with Gasteiger partial charge in [0.05, 0.1) is 4.90 Å². The number of hydrogen-bond donors (Lipinski definition) is 1. The number of carbonyl (C=O) groups excluding carboxylic acids is 1. The van der Waals surface area contributed by atoms with E-state index in [9.17, 15) is 17.6 Å². The second-order valence-corrected chi connectivity index (χ2v) is 7.12. The van der Waals surface area contributed by atoms with E-state index < -0.39 is 22.5 Å². The van der Waals surface area contributed by atoms with Gasteiger partial charge in [-0.1, -0.05) is 18.2 Å². The minimum Gasteiger partial charge on any atom is -0.460 e. The standard InChI is InChI=1S/C17H18FNO4S/c1-12-3-8-16(9-13(12)2)24(21,22)19-10-17(20)23-11-14-4-6-15(18)7-5-14/h3-9,19H,10-11H2,1-2H3. The molecule has 2 aromatic carbocycles. The molecule has 0 bridgehead atoms. The van der Waals surface area contributed by atoms with Crippen LogP contribution < -0.4 is 4.72 Å². The lowest BCUT2D eigenvalue weighted by molar-refractivity contribution is -0.143. The molecule has 0 amide bonds. The lowest BCUT2D eigenvalue weighted by atomic mass is 10.1. The summed E-state index contributed by atoms with van der Waals surface area (Å²) in [4.78, 5) is 11.8. The average Bonchev–Trinajstić information content (AvgIpc) is 2.55. The molecule has 0 aromatic heterocycles. The molecule has 0 atom stereocenters. The van der Waals surface area contributed by atoms with E-state index in [0.717, 1.165) is 11.1 Å². The Hall–Kier alpha value is -2.25. The summed E-state index contributed by atoms with van der Waals surface area (Å²) < 4.78 is 44.2. The third kappa shape index (κ3) is 4.87. The summed E-state index contributed by atoms with van der Waals surface area (Å²) in [5.41, 5.74) is 2.44. The molecule has 7 heteroatoms. The van der Waals surface area contributed by atoms with Gasteiger partial charge in [0, 0.05) is 0 Å². The van der Waals surface area contributed by atoms with Crippen molar-refractivity contribution in [3.05, 3.63) is 65.0 Å². The predicted molar refractivity (Wildman–Crippen MR) is 87.3 cm³/mol. The van der Waals surface area contributed by atoms with Gasteiger partial charge in [-0.25, -0.2) is 12.8 Å². The maximum absolute atomic E-state index is 12.8. The van der Waals surface area contributed by atoms with Gasteiger partial charge in [-0.15, -0.1) is 0 Å². The molecule has 0 unspecified atom stereocenters. The molecule has 5 nitrogen and oxygen atoms in total. The minimum absolute atomic E-state index is 0.0511. The molecule has 2 aromatic rings. The van der Waals surface area contributed by atoms with Crippen molar-refractivity contribution in [1.29, 1.82) is 0 Å². The zero-order valence-corrected chi connectivity index (χ0v) is 14.2. The summed E-state index contributed by atoms with van der Waals surface area (Å²) in [7, 11) is -3.78. The molecule has 2 rings (SSSR count). The van der Waals surface area contributed by atoms with Gasteiger partial charge in [-0.05, 0) is 54.8 Å². The maximum Gasteiger partial charge on any atom is 0.321 e. The van der Waals surface area contributed by atoms with Gasteiger partial charge in [-0.3, -0.25) is 4.79 Å². The van der Waals surface area contributed by atoms with Crippen molar-refractivity contribution >= 4 is 16.0 Å². The number of sulfonamides is 1. The van der Waals surface area contributed by atoms with Crippen molar-refractivity contribution in [3.63, 3.8) is 0 Å². The molecule has 0 saturated carbocycles. The second kappa shape index (κ2) is 7.55. The summed E-state index contributed by atoms with van der Waals surface area (Å²) in [6.45, 7) is 3.16. The van der Waals surface area contributed by atoms with E-state index in [4.69, 9.17) is 4.74 Å². The maximum atomic E-state index is 12.8. The van der Waals surface area contributed by atoms with Gasteiger partial charge < -0.3 is 4.74 Å². The topological polar surface area (TPSA) is 72.5 Å². The van der Waals surface area contributed by atoms with Crippen LogP contribution >= 0.6 is 0 Å². The number of benzene rings is 2. The first-order valence-corrected chi connectivity index (χ1v) is 8.73. The minimum atomic E-state index is -3.78. The first-order chi connectivity index (χ1) is 11.3. The van der Waals surface area contributed by atoms with Gasteiger partial charge in [-0.2, -0.15) is 4.72 Å². The van der Waals surface area contributed by atoms with E-state index >= 15 is 0 Å². The Morgan fingerprint density at radius 2 is 1.75 bits per heavy atom. The molecule has 0 aliphatic heterocycles. The van der Waals surface area contributed by atoms with Gasteiger partial charge in [0.1, 0.15) is 19.0 Å². The van der Waals surface area contributed by atoms with Gasteiger partial charge in [0.2, 0.25) is 10.0 Å². The molecule has 0 radical (unpaired) electrons. The summed E-state index contributed by atoms with van der Waals surface area (Å²) in [5.74, 6) is -1.10.